The Morgan fingerprint density at radius 1 is 1.50 bits per heavy atom. The molecule has 1 amide bonds. The number of rotatable bonds is 5. The fourth-order valence-corrected chi connectivity index (χ4v) is 2.19. The number of aromatic nitrogens is 1. The lowest BCUT2D eigenvalue weighted by molar-refractivity contribution is 0.0919. The Bertz CT molecular complexity index is 455. The summed E-state index contributed by atoms with van der Waals surface area (Å²) in [5.41, 5.74) is 6.39. The first kappa shape index (κ1) is 14.6. The van der Waals surface area contributed by atoms with Crippen LogP contribution in [0.3, 0.4) is 0 Å². The SMILES string of the molecule is CCC(CC)(NC(=O)c1cccnc1C)C(N)=S. The quantitative estimate of drug-likeness (QED) is 0.799. The zero-order valence-corrected chi connectivity index (χ0v) is 11.8. The molecule has 0 radical (unpaired) electrons. The number of aryl methyl sites for hydroxylation is 1. The van der Waals surface area contributed by atoms with Gasteiger partial charge in [0, 0.05) is 11.9 Å². The maximum Gasteiger partial charge on any atom is 0.253 e. The van der Waals surface area contributed by atoms with Gasteiger partial charge in [-0.05, 0) is 31.9 Å². The average molecular weight is 265 g/mol. The maximum atomic E-state index is 12.2. The lowest BCUT2D eigenvalue weighted by atomic mass is 9.92. The van der Waals surface area contributed by atoms with E-state index < -0.39 is 5.54 Å². The third-order valence-electron chi connectivity index (χ3n) is 3.28. The molecule has 0 atom stereocenters. The summed E-state index contributed by atoms with van der Waals surface area (Å²) < 4.78 is 0. The van der Waals surface area contributed by atoms with Crippen LogP contribution in [-0.2, 0) is 0 Å². The molecule has 0 fully saturated rings. The molecule has 1 heterocycles. The summed E-state index contributed by atoms with van der Waals surface area (Å²) in [6.07, 6.45) is 3.00. The van der Waals surface area contributed by atoms with Crippen LogP contribution in [0.15, 0.2) is 18.3 Å². The van der Waals surface area contributed by atoms with E-state index in [1.54, 1.807) is 25.3 Å². The normalized spacial score (nSPS) is 11.1. The molecule has 0 bridgehead atoms. The second kappa shape index (κ2) is 5.91. The Morgan fingerprint density at radius 2 is 2.11 bits per heavy atom. The van der Waals surface area contributed by atoms with Crippen LogP contribution in [-0.4, -0.2) is 21.4 Å². The zero-order chi connectivity index (χ0) is 13.8. The van der Waals surface area contributed by atoms with E-state index in [4.69, 9.17) is 18.0 Å². The van der Waals surface area contributed by atoms with Gasteiger partial charge < -0.3 is 11.1 Å². The van der Waals surface area contributed by atoms with Gasteiger partial charge in [-0.2, -0.15) is 0 Å². The third-order valence-corrected chi connectivity index (χ3v) is 3.67. The summed E-state index contributed by atoms with van der Waals surface area (Å²) in [7, 11) is 0. The van der Waals surface area contributed by atoms with Crippen LogP contribution in [0, 0.1) is 6.92 Å². The highest BCUT2D eigenvalue weighted by Gasteiger charge is 2.31. The highest BCUT2D eigenvalue weighted by atomic mass is 32.1. The first-order valence-electron chi connectivity index (χ1n) is 6.01. The van der Waals surface area contributed by atoms with Crippen LogP contribution in [0.25, 0.3) is 0 Å². The van der Waals surface area contributed by atoms with E-state index in [9.17, 15) is 4.79 Å². The maximum absolute atomic E-state index is 12.2. The monoisotopic (exact) mass is 265 g/mol. The van der Waals surface area contributed by atoms with Gasteiger partial charge in [0.2, 0.25) is 0 Å². The van der Waals surface area contributed by atoms with E-state index in [-0.39, 0.29) is 5.91 Å². The fraction of sp³-hybridized carbons (Fsp3) is 0.462. The fourth-order valence-electron chi connectivity index (χ4n) is 1.85. The van der Waals surface area contributed by atoms with Crippen LogP contribution in [0.1, 0.15) is 42.7 Å². The molecule has 0 unspecified atom stereocenters. The first-order chi connectivity index (χ1) is 8.46. The molecule has 0 aromatic carbocycles. The van der Waals surface area contributed by atoms with Crippen LogP contribution >= 0.6 is 12.2 Å². The molecule has 5 heteroatoms. The van der Waals surface area contributed by atoms with Crippen molar-refractivity contribution < 1.29 is 4.79 Å². The lowest BCUT2D eigenvalue weighted by Gasteiger charge is -2.31. The Hall–Kier alpha value is -1.49. The van der Waals surface area contributed by atoms with Crippen molar-refractivity contribution in [3.63, 3.8) is 0 Å². The molecule has 1 rings (SSSR count). The van der Waals surface area contributed by atoms with E-state index >= 15 is 0 Å². The minimum Gasteiger partial charge on any atom is -0.391 e. The smallest absolute Gasteiger partial charge is 0.253 e. The number of amides is 1. The Labute approximate surface area is 113 Å². The van der Waals surface area contributed by atoms with Gasteiger partial charge in [0.05, 0.1) is 16.1 Å². The van der Waals surface area contributed by atoms with Crippen molar-refractivity contribution >= 4 is 23.1 Å². The number of nitrogens with two attached hydrogens (primary N) is 1. The summed E-state index contributed by atoms with van der Waals surface area (Å²) in [5, 5.41) is 2.94. The van der Waals surface area contributed by atoms with Gasteiger partial charge in [-0.15, -0.1) is 0 Å². The van der Waals surface area contributed by atoms with Gasteiger partial charge in [0.25, 0.3) is 5.91 Å². The summed E-state index contributed by atoms with van der Waals surface area (Å²) in [4.78, 5) is 16.7. The standard InChI is InChI=1S/C13H19N3OS/c1-4-13(5-2,12(14)18)16-11(17)10-7-6-8-15-9(10)3/h6-8H,4-5H2,1-3H3,(H2,14,18)(H,16,17). The van der Waals surface area contributed by atoms with Crippen LogP contribution in [0.5, 0.6) is 0 Å². The molecule has 0 aliphatic carbocycles. The van der Waals surface area contributed by atoms with Gasteiger partial charge in [0.1, 0.15) is 0 Å². The number of carbonyl (C=O) groups excluding carboxylic acids is 1. The number of carbonyl (C=O) groups is 1. The topological polar surface area (TPSA) is 68.0 Å². The number of hydrogen-bond acceptors (Lipinski definition) is 3. The van der Waals surface area contributed by atoms with Crippen LogP contribution < -0.4 is 11.1 Å². The van der Waals surface area contributed by atoms with Crippen molar-refractivity contribution in [2.24, 2.45) is 5.73 Å². The molecule has 98 valence electrons. The number of nitrogens with one attached hydrogen (secondary N) is 1. The Morgan fingerprint density at radius 3 is 2.56 bits per heavy atom. The van der Waals surface area contributed by atoms with Gasteiger partial charge in [-0.1, -0.05) is 26.1 Å². The summed E-state index contributed by atoms with van der Waals surface area (Å²) in [6, 6.07) is 3.48. The Balaban J connectivity index is 3.00. The summed E-state index contributed by atoms with van der Waals surface area (Å²) in [5.74, 6) is -0.183. The van der Waals surface area contributed by atoms with E-state index in [1.807, 2.05) is 13.8 Å². The first-order valence-corrected chi connectivity index (χ1v) is 6.41. The van der Waals surface area contributed by atoms with E-state index in [2.05, 4.69) is 10.3 Å². The highest BCUT2D eigenvalue weighted by Crippen LogP contribution is 2.17. The predicted molar refractivity (Wildman–Crippen MR) is 76.5 cm³/mol. The highest BCUT2D eigenvalue weighted by molar-refractivity contribution is 7.80. The Kier molecular flexibility index (Phi) is 4.78. The molecule has 3 N–H and O–H groups in total. The minimum absolute atomic E-state index is 0.183. The molecule has 0 saturated heterocycles. The van der Waals surface area contributed by atoms with Gasteiger partial charge in [-0.3, -0.25) is 9.78 Å². The van der Waals surface area contributed by atoms with Gasteiger partial charge >= 0.3 is 0 Å². The van der Waals surface area contributed by atoms with Crippen molar-refractivity contribution in [2.75, 3.05) is 0 Å². The van der Waals surface area contributed by atoms with Gasteiger partial charge in [0.15, 0.2) is 0 Å². The molecular weight excluding hydrogens is 246 g/mol. The second-order valence-corrected chi connectivity index (χ2v) is 4.68. The summed E-state index contributed by atoms with van der Waals surface area (Å²) in [6.45, 7) is 5.72. The lowest BCUT2D eigenvalue weighted by Crippen LogP contribution is -2.56. The van der Waals surface area contributed by atoms with Crippen LogP contribution in [0.2, 0.25) is 0 Å². The molecule has 0 saturated carbocycles. The summed E-state index contributed by atoms with van der Waals surface area (Å²) >= 11 is 5.08. The van der Waals surface area contributed by atoms with E-state index in [1.165, 1.54) is 0 Å². The number of thiocarbonyl (C=S) groups is 1. The van der Waals surface area contributed by atoms with Crippen LogP contribution in [0.4, 0.5) is 0 Å². The van der Waals surface area contributed by atoms with Crippen molar-refractivity contribution in [1.82, 2.24) is 10.3 Å². The number of pyridine rings is 1. The molecule has 0 aliphatic heterocycles. The van der Waals surface area contributed by atoms with Crippen molar-refractivity contribution in [2.45, 2.75) is 39.2 Å². The van der Waals surface area contributed by atoms with E-state index in [0.717, 1.165) is 0 Å². The molecule has 1 aromatic rings. The van der Waals surface area contributed by atoms with Gasteiger partial charge in [-0.25, -0.2) is 0 Å². The average Bonchev–Trinajstić information content (AvgIpc) is 2.36. The second-order valence-electron chi connectivity index (χ2n) is 4.24. The molecule has 0 spiro atoms. The number of nitrogens with zero attached hydrogens (tertiary/aromatic N) is 1. The third kappa shape index (κ3) is 2.85. The molecule has 18 heavy (non-hydrogen) atoms. The minimum atomic E-state index is -0.616. The zero-order valence-electron chi connectivity index (χ0n) is 11.0. The van der Waals surface area contributed by atoms with Crippen molar-refractivity contribution in [3.8, 4) is 0 Å². The van der Waals surface area contributed by atoms with Crippen molar-refractivity contribution in [3.05, 3.63) is 29.6 Å². The number of hydrogen-bond donors (Lipinski definition) is 2. The molecule has 1 aromatic heterocycles. The molecular formula is C13H19N3OS. The largest absolute Gasteiger partial charge is 0.391 e. The van der Waals surface area contributed by atoms with E-state index in [0.29, 0.717) is 29.1 Å². The molecule has 0 aliphatic rings. The predicted octanol–water partition coefficient (Wildman–Crippen LogP) is 1.96. The molecule has 4 nitrogen and oxygen atoms in total. The van der Waals surface area contributed by atoms with Crippen molar-refractivity contribution in [1.29, 1.82) is 0 Å².